The van der Waals surface area contributed by atoms with Gasteiger partial charge < -0.3 is 15.2 Å². The molecule has 1 aliphatic rings. The van der Waals surface area contributed by atoms with Crippen LogP contribution in [0.1, 0.15) is 25.2 Å². The van der Waals surface area contributed by atoms with Crippen molar-refractivity contribution in [2.45, 2.75) is 25.7 Å². The van der Waals surface area contributed by atoms with E-state index in [-0.39, 0.29) is 36.4 Å². The van der Waals surface area contributed by atoms with Gasteiger partial charge in [0.15, 0.2) is 0 Å². The summed E-state index contributed by atoms with van der Waals surface area (Å²) in [6, 6.07) is 12.8. The largest absolute Gasteiger partial charge is 0.339 e. The van der Waals surface area contributed by atoms with Crippen molar-refractivity contribution in [2.75, 3.05) is 10.6 Å². The van der Waals surface area contributed by atoms with Gasteiger partial charge in [0.1, 0.15) is 5.82 Å². The van der Waals surface area contributed by atoms with Crippen LogP contribution >= 0.6 is 0 Å². The summed E-state index contributed by atoms with van der Waals surface area (Å²) in [5, 5.41) is 9.50. The van der Waals surface area contributed by atoms with E-state index in [1.165, 1.54) is 12.1 Å². The third-order valence-electron chi connectivity index (χ3n) is 4.50. The molecule has 8 heteroatoms. The van der Waals surface area contributed by atoms with Crippen molar-refractivity contribution in [1.82, 2.24) is 10.1 Å². The average molecular weight is 394 g/mol. The van der Waals surface area contributed by atoms with Crippen LogP contribution in [0.2, 0.25) is 0 Å². The topological polar surface area (TPSA) is 97.1 Å². The molecule has 4 rings (SSSR count). The van der Waals surface area contributed by atoms with Crippen LogP contribution in [0.25, 0.3) is 11.4 Å². The van der Waals surface area contributed by atoms with Crippen molar-refractivity contribution in [3.63, 3.8) is 0 Å². The number of aromatic nitrogens is 2. The molecule has 1 aliphatic carbocycles. The molecule has 1 heterocycles. The quantitative estimate of drug-likeness (QED) is 0.635. The zero-order valence-corrected chi connectivity index (χ0v) is 15.5. The first kappa shape index (κ1) is 18.8. The van der Waals surface area contributed by atoms with E-state index in [0.29, 0.717) is 28.7 Å². The monoisotopic (exact) mass is 394 g/mol. The summed E-state index contributed by atoms with van der Waals surface area (Å²) in [4.78, 5) is 28.3. The van der Waals surface area contributed by atoms with Gasteiger partial charge in [-0.2, -0.15) is 4.98 Å². The molecule has 0 aliphatic heterocycles. The molecular weight excluding hydrogens is 375 g/mol. The summed E-state index contributed by atoms with van der Waals surface area (Å²) in [5.41, 5.74) is 1.89. The molecule has 1 aromatic heterocycles. The van der Waals surface area contributed by atoms with E-state index in [2.05, 4.69) is 20.8 Å². The smallest absolute Gasteiger partial charge is 0.227 e. The predicted molar refractivity (Wildman–Crippen MR) is 104 cm³/mol. The summed E-state index contributed by atoms with van der Waals surface area (Å²) in [6.45, 7) is 0. The summed E-state index contributed by atoms with van der Waals surface area (Å²) in [5.74, 6) is 0.247. The lowest BCUT2D eigenvalue weighted by Crippen LogP contribution is -2.15. The zero-order chi connectivity index (χ0) is 20.2. The lowest BCUT2D eigenvalue weighted by atomic mass is 10.2. The fourth-order valence-corrected chi connectivity index (χ4v) is 2.78. The van der Waals surface area contributed by atoms with Gasteiger partial charge >= 0.3 is 0 Å². The maximum absolute atomic E-state index is 13.0. The molecule has 2 aromatic carbocycles. The van der Waals surface area contributed by atoms with Crippen molar-refractivity contribution < 1.29 is 18.5 Å². The van der Waals surface area contributed by atoms with Crippen LogP contribution < -0.4 is 10.6 Å². The second-order valence-electron chi connectivity index (χ2n) is 6.91. The Hall–Kier alpha value is -3.55. The highest BCUT2D eigenvalue weighted by atomic mass is 19.1. The molecule has 0 spiro atoms. The summed E-state index contributed by atoms with van der Waals surface area (Å²) in [7, 11) is 0. The molecule has 0 radical (unpaired) electrons. The van der Waals surface area contributed by atoms with Crippen molar-refractivity contribution >= 4 is 23.2 Å². The van der Waals surface area contributed by atoms with Crippen LogP contribution in [-0.4, -0.2) is 22.0 Å². The van der Waals surface area contributed by atoms with Crippen molar-refractivity contribution in [3.05, 3.63) is 60.2 Å². The predicted octanol–water partition coefficient (Wildman–Crippen LogP) is 3.80. The number of aryl methyl sites for hydroxylation is 1. The van der Waals surface area contributed by atoms with Crippen molar-refractivity contribution in [1.29, 1.82) is 0 Å². The Morgan fingerprint density at radius 1 is 1.07 bits per heavy atom. The minimum absolute atomic E-state index is 0.0156. The number of halogens is 1. The molecule has 2 N–H and O–H groups in total. The summed E-state index contributed by atoms with van der Waals surface area (Å²) in [6.07, 6.45) is 2.30. The van der Waals surface area contributed by atoms with E-state index in [1.54, 1.807) is 36.4 Å². The average Bonchev–Trinajstić information content (AvgIpc) is 3.46. The van der Waals surface area contributed by atoms with Crippen molar-refractivity contribution in [2.24, 2.45) is 5.92 Å². The molecule has 29 heavy (non-hydrogen) atoms. The first-order valence-electron chi connectivity index (χ1n) is 9.36. The van der Waals surface area contributed by atoms with Gasteiger partial charge in [-0.05, 0) is 55.3 Å². The summed E-state index contributed by atoms with van der Waals surface area (Å²) < 4.78 is 18.2. The fraction of sp³-hybridized carbons (Fsp3) is 0.238. The Balaban J connectivity index is 1.30. The summed E-state index contributed by atoms with van der Waals surface area (Å²) >= 11 is 0. The minimum atomic E-state index is -0.342. The molecule has 3 aromatic rings. The van der Waals surface area contributed by atoms with E-state index in [4.69, 9.17) is 4.52 Å². The highest BCUT2D eigenvalue weighted by Gasteiger charge is 2.29. The van der Waals surface area contributed by atoms with Gasteiger partial charge in [0, 0.05) is 35.7 Å². The number of benzene rings is 2. The Morgan fingerprint density at radius 3 is 2.52 bits per heavy atom. The maximum atomic E-state index is 13.0. The van der Waals surface area contributed by atoms with Crippen LogP contribution in [-0.2, 0) is 16.0 Å². The molecule has 2 amide bonds. The number of nitrogens with one attached hydrogen (secondary N) is 2. The van der Waals surface area contributed by atoms with Crippen LogP contribution in [0.5, 0.6) is 0 Å². The first-order valence-corrected chi connectivity index (χ1v) is 9.36. The number of hydrogen-bond acceptors (Lipinski definition) is 5. The molecule has 148 valence electrons. The Morgan fingerprint density at radius 2 is 1.79 bits per heavy atom. The molecule has 0 unspecified atom stereocenters. The standard InChI is InChI=1S/C21H19FN4O3/c22-15-8-6-13(7-9-15)20-25-19(29-26-20)11-10-18(27)23-16-2-1-3-17(12-16)24-21(28)14-4-5-14/h1-3,6-9,12,14H,4-5,10-11H2,(H,23,27)(H,24,28). The number of anilines is 2. The molecule has 0 atom stereocenters. The molecule has 0 saturated heterocycles. The molecule has 7 nitrogen and oxygen atoms in total. The number of nitrogens with zero attached hydrogens (tertiary/aromatic N) is 2. The number of carbonyl (C=O) groups is 2. The third-order valence-corrected chi connectivity index (χ3v) is 4.50. The maximum Gasteiger partial charge on any atom is 0.227 e. The lowest BCUT2D eigenvalue weighted by Gasteiger charge is -2.08. The Labute approximate surface area is 166 Å². The second kappa shape index (κ2) is 8.22. The lowest BCUT2D eigenvalue weighted by molar-refractivity contribution is -0.117. The van der Waals surface area contributed by atoms with Gasteiger partial charge in [-0.25, -0.2) is 4.39 Å². The fourth-order valence-electron chi connectivity index (χ4n) is 2.78. The van der Waals surface area contributed by atoms with Gasteiger partial charge in [0.2, 0.25) is 23.5 Å². The van der Waals surface area contributed by atoms with Crippen LogP contribution in [0.3, 0.4) is 0 Å². The molecule has 1 saturated carbocycles. The number of carbonyl (C=O) groups excluding carboxylic acids is 2. The van der Waals surface area contributed by atoms with Crippen LogP contribution in [0, 0.1) is 11.7 Å². The van der Waals surface area contributed by atoms with E-state index in [9.17, 15) is 14.0 Å². The van der Waals surface area contributed by atoms with E-state index in [1.807, 2.05) is 0 Å². The third kappa shape index (κ3) is 5.04. The molecular formula is C21H19FN4O3. The van der Waals surface area contributed by atoms with E-state index >= 15 is 0 Å². The zero-order valence-electron chi connectivity index (χ0n) is 15.5. The number of amides is 2. The minimum Gasteiger partial charge on any atom is -0.339 e. The normalized spacial score (nSPS) is 13.1. The number of hydrogen-bond donors (Lipinski definition) is 2. The van der Waals surface area contributed by atoms with Gasteiger partial charge in [0.25, 0.3) is 0 Å². The Bertz CT molecular complexity index is 1030. The van der Waals surface area contributed by atoms with Gasteiger partial charge in [0.05, 0.1) is 0 Å². The van der Waals surface area contributed by atoms with Gasteiger partial charge in [-0.3, -0.25) is 9.59 Å². The Kier molecular flexibility index (Phi) is 5.33. The SMILES string of the molecule is O=C(CCc1nc(-c2ccc(F)cc2)no1)Nc1cccc(NC(=O)C2CC2)c1. The highest BCUT2D eigenvalue weighted by molar-refractivity contribution is 5.95. The van der Waals surface area contributed by atoms with Crippen LogP contribution in [0.15, 0.2) is 53.1 Å². The van der Waals surface area contributed by atoms with E-state index < -0.39 is 0 Å². The van der Waals surface area contributed by atoms with Gasteiger partial charge in [-0.15, -0.1) is 0 Å². The van der Waals surface area contributed by atoms with Gasteiger partial charge in [-0.1, -0.05) is 11.2 Å². The highest BCUT2D eigenvalue weighted by Crippen LogP contribution is 2.30. The first-order chi connectivity index (χ1) is 14.1. The molecule has 1 fully saturated rings. The number of rotatable bonds is 7. The van der Waals surface area contributed by atoms with Crippen molar-refractivity contribution in [3.8, 4) is 11.4 Å². The van der Waals surface area contributed by atoms with E-state index in [0.717, 1.165) is 12.8 Å². The van der Waals surface area contributed by atoms with Crippen LogP contribution in [0.4, 0.5) is 15.8 Å². The second-order valence-corrected chi connectivity index (χ2v) is 6.91. The molecule has 0 bridgehead atoms.